The summed E-state index contributed by atoms with van der Waals surface area (Å²) in [5, 5.41) is 2.84. The molecule has 1 atom stereocenters. The van der Waals surface area contributed by atoms with Gasteiger partial charge in [0.1, 0.15) is 23.4 Å². The molecule has 3 rings (SSSR count). The molecule has 0 saturated carbocycles. The Morgan fingerprint density at radius 1 is 1.33 bits per heavy atom. The van der Waals surface area contributed by atoms with E-state index in [0.29, 0.717) is 18.7 Å². The number of benzene rings is 2. The van der Waals surface area contributed by atoms with Crippen LogP contribution < -0.4 is 14.8 Å². The van der Waals surface area contributed by atoms with E-state index in [4.69, 9.17) is 9.47 Å². The normalized spacial score (nSPS) is 15.5. The fourth-order valence-corrected chi connectivity index (χ4v) is 2.79. The average molecular weight is 329 g/mol. The van der Waals surface area contributed by atoms with Crippen molar-refractivity contribution in [1.82, 2.24) is 5.32 Å². The number of hydrogen-bond donors (Lipinski definition) is 1. The lowest BCUT2D eigenvalue weighted by Gasteiger charge is -2.13. The molecule has 126 valence electrons. The molecule has 1 aliphatic heterocycles. The van der Waals surface area contributed by atoms with E-state index in [-0.39, 0.29) is 17.8 Å². The van der Waals surface area contributed by atoms with Crippen LogP contribution in [0.25, 0.3) is 0 Å². The van der Waals surface area contributed by atoms with Crippen LogP contribution in [0.15, 0.2) is 36.4 Å². The van der Waals surface area contributed by atoms with Crippen LogP contribution in [0.5, 0.6) is 11.5 Å². The second-order valence-electron chi connectivity index (χ2n) is 5.82. The van der Waals surface area contributed by atoms with E-state index in [0.717, 1.165) is 29.0 Å². The Morgan fingerprint density at radius 2 is 2.08 bits per heavy atom. The number of halogens is 1. The summed E-state index contributed by atoms with van der Waals surface area (Å²) in [6, 6.07) is 9.37. The van der Waals surface area contributed by atoms with Gasteiger partial charge < -0.3 is 14.8 Å². The van der Waals surface area contributed by atoms with Crippen LogP contribution in [-0.4, -0.2) is 18.6 Å². The maximum absolute atomic E-state index is 12.9. The Hall–Kier alpha value is -2.56. The molecule has 1 heterocycles. The van der Waals surface area contributed by atoms with Gasteiger partial charge in [-0.05, 0) is 50.2 Å². The first-order valence-electron chi connectivity index (χ1n) is 8.06. The van der Waals surface area contributed by atoms with Gasteiger partial charge >= 0.3 is 0 Å². The third kappa shape index (κ3) is 3.50. The molecule has 1 unspecified atom stereocenters. The van der Waals surface area contributed by atoms with E-state index in [1.807, 2.05) is 26.0 Å². The summed E-state index contributed by atoms with van der Waals surface area (Å²) in [5.41, 5.74) is 2.40. The van der Waals surface area contributed by atoms with Crippen molar-refractivity contribution in [2.45, 2.75) is 32.9 Å². The molecule has 4 nitrogen and oxygen atoms in total. The maximum Gasteiger partial charge on any atom is 0.251 e. The van der Waals surface area contributed by atoms with Gasteiger partial charge in [-0.3, -0.25) is 4.79 Å². The topological polar surface area (TPSA) is 47.6 Å². The smallest absolute Gasteiger partial charge is 0.251 e. The molecule has 0 spiro atoms. The molecular formula is C19H20FNO3. The zero-order valence-electron chi connectivity index (χ0n) is 13.8. The van der Waals surface area contributed by atoms with Crippen molar-refractivity contribution in [3.63, 3.8) is 0 Å². The number of carbonyl (C=O) groups is 1. The van der Waals surface area contributed by atoms with Crippen LogP contribution in [0.2, 0.25) is 0 Å². The van der Waals surface area contributed by atoms with Crippen LogP contribution >= 0.6 is 0 Å². The lowest BCUT2D eigenvalue weighted by Crippen LogP contribution is -2.23. The lowest BCUT2D eigenvalue weighted by atomic mass is 10.1. The van der Waals surface area contributed by atoms with E-state index in [1.165, 1.54) is 24.3 Å². The molecule has 0 saturated heterocycles. The highest BCUT2D eigenvalue weighted by molar-refractivity contribution is 5.94. The van der Waals surface area contributed by atoms with Gasteiger partial charge in [-0.1, -0.05) is 0 Å². The minimum Gasteiger partial charge on any atom is -0.494 e. The largest absolute Gasteiger partial charge is 0.494 e. The summed E-state index contributed by atoms with van der Waals surface area (Å²) >= 11 is 0. The van der Waals surface area contributed by atoms with Gasteiger partial charge in [-0.2, -0.15) is 0 Å². The number of rotatable bonds is 5. The Labute approximate surface area is 140 Å². The van der Waals surface area contributed by atoms with Crippen LogP contribution in [0, 0.1) is 5.82 Å². The summed E-state index contributed by atoms with van der Waals surface area (Å²) < 4.78 is 24.4. The third-order valence-corrected chi connectivity index (χ3v) is 3.92. The van der Waals surface area contributed by atoms with Gasteiger partial charge in [0.15, 0.2) is 0 Å². The molecule has 2 aromatic carbocycles. The van der Waals surface area contributed by atoms with E-state index in [2.05, 4.69) is 5.32 Å². The molecule has 2 aromatic rings. The van der Waals surface area contributed by atoms with E-state index < -0.39 is 0 Å². The number of hydrogen-bond acceptors (Lipinski definition) is 3. The fraction of sp³-hybridized carbons (Fsp3) is 0.316. The molecule has 0 bridgehead atoms. The van der Waals surface area contributed by atoms with Crippen molar-refractivity contribution >= 4 is 5.91 Å². The van der Waals surface area contributed by atoms with E-state index in [9.17, 15) is 9.18 Å². The minimum absolute atomic E-state index is 0.151. The van der Waals surface area contributed by atoms with Gasteiger partial charge in [-0.15, -0.1) is 0 Å². The molecule has 1 aliphatic rings. The summed E-state index contributed by atoms with van der Waals surface area (Å²) in [5.74, 6) is 0.979. The van der Waals surface area contributed by atoms with Gasteiger partial charge in [0, 0.05) is 29.7 Å². The molecule has 0 aromatic heterocycles. The van der Waals surface area contributed by atoms with Crippen molar-refractivity contribution < 1.29 is 18.7 Å². The zero-order valence-corrected chi connectivity index (χ0v) is 13.8. The molecule has 0 aliphatic carbocycles. The second-order valence-corrected chi connectivity index (χ2v) is 5.82. The first-order chi connectivity index (χ1) is 11.6. The standard InChI is InChI=1S/C19H20FNO3/c1-3-23-17-9-14-8-12(2)24-18(14)10-15(17)11-21-19(22)13-4-6-16(20)7-5-13/h4-7,9-10,12H,3,8,11H2,1-2H3,(H,21,22). The molecule has 1 N–H and O–H groups in total. The average Bonchev–Trinajstić information content (AvgIpc) is 2.92. The minimum atomic E-state index is -0.366. The Balaban J connectivity index is 1.75. The summed E-state index contributed by atoms with van der Waals surface area (Å²) in [6.45, 7) is 4.81. The van der Waals surface area contributed by atoms with Crippen molar-refractivity contribution in [3.8, 4) is 11.5 Å². The Morgan fingerprint density at radius 3 is 2.79 bits per heavy atom. The fourth-order valence-electron chi connectivity index (χ4n) is 2.79. The highest BCUT2D eigenvalue weighted by atomic mass is 19.1. The van der Waals surface area contributed by atoms with Gasteiger partial charge in [-0.25, -0.2) is 4.39 Å². The number of carbonyl (C=O) groups excluding carboxylic acids is 1. The first-order valence-corrected chi connectivity index (χ1v) is 8.06. The van der Waals surface area contributed by atoms with Gasteiger partial charge in [0.05, 0.1) is 6.61 Å². The number of ether oxygens (including phenoxy) is 2. The molecular weight excluding hydrogens is 309 g/mol. The highest BCUT2D eigenvalue weighted by Gasteiger charge is 2.22. The van der Waals surface area contributed by atoms with Gasteiger partial charge in [0.25, 0.3) is 5.91 Å². The van der Waals surface area contributed by atoms with Crippen LogP contribution in [-0.2, 0) is 13.0 Å². The summed E-state index contributed by atoms with van der Waals surface area (Å²) in [6.07, 6.45) is 1.01. The SMILES string of the molecule is CCOc1cc2c(cc1CNC(=O)c1ccc(F)cc1)OC(C)C2. The predicted molar refractivity (Wildman–Crippen MR) is 89.0 cm³/mol. The third-order valence-electron chi connectivity index (χ3n) is 3.92. The molecule has 0 radical (unpaired) electrons. The maximum atomic E-state index is 12.9. The van der Waals surface area contributed by atoms with E-state index >= 15 is 0 Å². The Kier molecular flexibility index (Phi) is 4.69. The highest BCUT2D eigenvalue weighted by Crippen LogP contribution is 2.35. The number of fused-ring (bicyclic) bond motifs is 1. The quantitative estimate of drug-likeness (QED) is 0.913. The van der Waals surface area contributed by atoms with Crippen molar-refractivity contribution in [2.24, 2.45) is 0 Å². The summed E-state index contributed by atoms with van der Waals surface area (Å²) in [4.78, 5) is 12.2. The van der Waals surface area contributed by atoms with Crippen molar-refractivity contribution in [3.05, 3.63) is 58.9 Å². The first kappa shape index (κ1) is 16.3. The van der Waals surface area contributed by atoms with E-state index in [1.54, 1.807) is 0 Å². The lowest BCUT2D eigenvalue weighted by molar-refractivity contribution is 0.0950. The van der Waals surface area contributed by atoms with Crippen LogP contribution in [0.4, 0.5) is 4.39 Å². The van der Waals surface area contributed by atoms with Crippen LogP contribution in [0.1, 0.15) is 35.3 Å². The Bertz CT molecular complexity index is 743. The zero-order chi connectivity index (χ0) is 17.1. The molecule has 1 amide bonds. The van der Waals surface area contributed by atoms with Crippen molar-refractivity contribution in [1.29, 1.82) is 0 Å². The molecule has 5 heteroatoms. The van der Waals surface area contributed by atoms with Crippen LogP contribution in [0.3, 0.4) is 0 Å². The number of amides is 1. The molecule has 0 fully saturated rings. The number of nitrogens with one attached hydrogen (secondary N) is 1. The van der Waals surface area contributed by atoms with Gasteiger partial charge in [0.2, 0.25) is 0 Å². The van der Waals surface area contributed by atoms with Crippen molar-refractivity contribution in [2.75, 3.05) is 6.61 Å². The summed E-state index contributed by atoms with van der Waals surface area (Å²) in [7, 11) is 0. The molecule has 24 heavy (non-hydrogen) atoms. The second kappa shape index (κ2) is 6.91. The monoisotopic (exact) mass is 329 g/mol. The predicted octanol–water partition coefficient (Wildman–Crippen LogP) is 3.48.